The summed E-state index contributed by atoms with van der Waals surface area (Å²) in [5, 5.41) is 3.47. The normalized spacial score (nSPS) is 17.4. The van der Waals surface area contributed by atoms with E-state index in [0.717, 1.165) is 4.48 Å². The summed E-state index contributed by atoms with van der Waals surface area (Å²) in [4.78, 5) is 0. The SMILES string of the molecule is C/C(Br)=C\N.CC.Cc1ccc2c(c1)CCCCC2=C1CCNCC1. The topological polar surface area (TPSA) is 38.0 Å². The van der Waals surface area contributed by atoms with Gasteiger partial charge in [0.15, 0.2) is 0 Å². The van der Waals surface area contributed by atoms with Crippen molar-refractivity contribution >= 4 is 21.5 Å². The molecule has 1 aliphatic heterocycles. The van der Waals surface area contributed by atoms with Crippen LogP contribution in [0.5, 0.6) is 0 Å². The number of halogens is 1. The van der Waals surface area contributed by atoms with Crippen LogP contribution in [0.1, 0.15) is 69.6 Å². The number of fused-ring (bicyclic) bond motifs is 1. The fourth-order valence-corrected chi connectivity index (χ4v) is 3.37. The third kappa shape index (κ3) is 7.37. The number of nitrogens with one attached hydrogen (secondary N) is 1. The lowest BCUT2D eigenvalue weighted by molar-refractivity contribution is 0.609. The first-order valence-electron chi connectivity index (χ1n) is 9.67. The predicted octanol–water partition coefficient (Wildman–Crippen LogP) is 6.09. The van der Waals surface area contributed by atoms with Gasteiger partial charge in [0.25, 0.3) is 0 Å². The van der Waals surface area contributed by atoms with Crippen LogP contribution in [-0.2, 0) is 6.42 Å². The molecule has 1 saturated heterocycles. The van der Waals surface area contributed by atoms with Gasteiger partial charge >= 0.3 is 0 Å². The lowest BCUT2D eigenvalue weighted by atomic mass is 9.89. The summed E-state index contributed by atoms with van der Waals surface area (Å²) in [6.45, 7) is 10.4. The molecule has 3 rings (SSSR count). The fourth-order valence-electron chi connectivity index (χ4n) is 3.37. The molecule has 1 fully saturated rings. The van der Waals surface area contributed by atoms with Gasteiger partial charge in [0, 0.05) is 10.7 Å². The van der Waals surface area contributed by atoms with Gasteiger partial charge in [-0.15, -0.1) is 0 Å². The standard InChI is InChI=1S/C17H23N.C3H6BrN.C2H6/c1-13-6-7-17-15(12-13)4-2-3-5-16(17)14-8-10-18-11-9-14;1-3(4)2-5;1-2/h6-7,12,18H,2-5,8-11H2,1H3;2H,5H2,1H3;1-2H3/b;3-2+;. The second-order valence-electron chi connectivity index (χ2n) is 6.45. The van der Waals surface area contributed by atoms with Crippen molar-refractivity contribution in [2.45, 2.75) is 66.2 Å². The zero-order chi connectivity index (χ0) is 18.7. The summed E-state index contributed by atoms with van der Waals surface area (Å²) in [5.74, 6) is 0. The van der Waals surface area contributed by atoms with Crippen LogP contribution in [0.25, 0.3) is 5.57 Å². The molecule has 3 heteroatoms. The molecular weight excluding hydrogens is 372 g/mol. The van der Waals surface area contributed by atoms with Crippen LogP contribution < -0.4 is 11.1 Å². The summed E-state index contributed by atoms with van der Waals surface area (Å²) in [6.07, 6.45) is 9.29. The molecule has 0 saturated carbocycles. The second kappa shape index (κ2) is 12.3. The third-order valence-corrected chi connectivity index (χ3v) is 4.84. The zero-order valence-electron chi connectivity index (χ0n) is 16.4. The molecule has 0 spiro atoms. The molecule has 1 aromatic rings. The van der Waals surface area contributed by atoms with Crippen LogP contribution in [-0.4, -0.2) is 13.1 Å². The fraction of sp³-hybridized carbons (Fsp3) is 0.545. The molecule has 2 aliphatic rings. The number of allylic oxidation sites excluding steroid dienone is 2. The first kappa shape index (κ1) is 22.0. The van der Waals surface area contributed by atoms with Crippen LogP contribution in [0.2, 0.25) is 0 Å². The Morgan fingerprint density at radius 2 is 1.68 bits per heavy atom. The van der Waals surface area contributed by atoms with Gasteiger partial charge in [0.1, 0.15) is 0 Å². The summed E-state index contributed by atoms with van der Waals surface area (Å²) in [5.41, 5.74) is 12.9. The van der Waals surface area contributed by atoms with Gasteiger partial charge in [-0.05, 0) is 82.2 Å². The lowest BCUT2D eigenvalue weighted by Gasteiger charge is -2.21. The molecule has 3 N–H and O–H groups in total. The molecule has 25 heavy (non-hydrogen) atoms. The van der Waals surface area contributed by atoms with Crippen LogP contribution in [0.15, 0.2) is 34.5 Å². The van der Waals surface area contributed by atoms with Crippen molar-refractivity contribution in [2.24, 2.45) is 5.73 Å². The van der Waals surface area contributed by atoms with E-state index in [0.29, 0.717) is 0 Å². The van der Waals surface area contributed by atoms with E-state index in [1.165, 1.54) is 63.4 Å². The van der Waals surface area contributed by atoms with Crippen molar-refractivity contribution in [1.82, 2.24) is 5.32 Å². The summed E-state index contributed by atoms with van der Waals surface area (Å²) in [7, 11) is 0. The number of nitrogens with two attached hydrogens (primary N) is 1. The molecule has 1 aromatic carbocycles. The Kier molecular flexibility index (Phi) is 10.8. The minimum absolute atomic E-state index is 0.970. The number of hydrogen-bond donors (Lipinski definition) is 2. The van der Waals surface area contributed by atoms with Crippen molar-refractivity contribution in [1.29, 1.82) is 0 Å². The molecule has 1 aliphatic carbocycles. The average molecular weight is 407 g/mol. The van der Waals surface area contributed by atoms with E-state index in [1.54, 1.807) is 22.3 Å². The zero-order valence-corrected chi connectivity index (χ0v) is 18.0. The molecule has 2 nitrogen and oxygen atoms in total. The molecule has 0 atom stereocenters. The van der Waals surface area contributed by atoms with Crippen LogP contribution in [0, 0.1) is 6.92 Å². The molecule has 0 amide bonds. The molecule has 0 aromatic heterocycles. The average Bonchev–Trinajstić information content (AvgIpc) is 2.86. The highest BCUT2D eigenvalue weighted by atomic mass is 79.9. The van der Waals surface area contributed by atoms with Gasteiger partial charge in [-0.2, -0.15) is 0 Å². The smallest absolute Gasteiger partial charge is 0.00741 e. The van der Waals surface area contributed by atoms with Crippen molar-refractivity contribution in [3.8, 4) is 0 Å². The maximum absolute atomic E-state index is 4.96. The van der Waals surface area contributed by atoms with Gasteiger partial charge in [0.05, 0.1) is 0 Å². The van der Waals surface area contributed by atoms with E-state index >= 15 is 0 Å². The maximum Gasteiger partial charge on any atom is 0.00741 e. The minimum atomic E-state index is 0.970. The van der Waals surface area contributed by atoms with E-state index in [9.17, 15) is 0 Å². The Hall–Kier alpha value is -1.06. The van der Waals surface area contributed by atoms with E-state index < -0.39 is 0 Å². The summed E-state index contributed by atoms with van der Waals surface area (Å²) in [6, 6.07) is 7.06. The van der Waals surface area contributed by atoms with E-state index in [2.05, 4.69) is 46.4 Å². The highest BCUT2D eigenvalue weighted by Gasteiger charge is 2.17. The summed E-state index contributed by atoms with van der Waals surface area (Å²) >= 11 is 3.11. The number of piperidine rings is 1. The van der Waals surface area contributed by atoms with Crippen LogP contribution >= 0.6 is 15.9 Å². The monoisotopic (exact) mass is 406 g/mol. The number of hydrogen-bond acceptors (Lipinski definition) is 2. The van der Waals surface area contributed by atoms with Gasteiger partial charge < -0.3 is 11.1 Å². The molecule has 0 radical (unpaired) electrons. The van der Waals surface area contributed by atoms with E-state index in [1.807, 2.05) is 20.8 Å². The molecule has 0 unspecified atom stereocenters. The van der Waals surface area contributed by atoms with Crippen molar-refractivity contribution in [3.05, 3.63) is 51.1 Å². The number of aryl methyl sites for hydroxylation is 2. The minimum Gasteiger partial charge on any atom is -0.404 e. The van der Waals surface area contributed by atoms with Gasteiger partial charge in [0.2, 0.25) is 0 Å². The molecule has 1 heterocycles. The number of benzene rings is 1. The van der Waals surface area contributed by atoms with Crippen LogP contribution in [0.3, 0.4) is 0 Å². The Morgan fingerprint density at radius 1 is 1.08 bits per heavy atom. The Bertz CT molecular complexity index is 576. The highest BCUT2D eigenvalue weighted by Crippen LogP contribution is 2.35. The van der Waals surface area contributed by atoms with E-state index in [4.69, 9.17) is 5.73 Å². The Balaban J connectivity index is 0.000000388. The van der Waals surface area contributed by atoms with Crippen molar-refractivity contribution in [3.63, 3.8) is 0 Å². The number of rotatable bonds is 0. The molecule has 0 bridgehead atoms. The first-order chi connectivity index (χ1) is 12.1. The van der Waals surface area contributed by atoms with Gasteiger partial charge in [-0.3, -0.25) is 0 Å². The van der Waals surface area contributed by atoms with Crippen LogP contribution in [0.4, 0.5) is 0 Å². The summed E-state index contributed by atoms with van der Waals surface area (Å²) < 4.78 is 0.970. The molecular formula is C22H35BrN2. The third-order valence-electron chi connectivity index (χ3n) is 4.57. The highest BCUT2D eigenvalue weighted by molar-refractivity contribution is 9.11. The lowest BCUT2D eigenvalue weighted by Crippen LogP contribution is -2.23. The van der Waals surface area contributed by atoms with Crippen molar-refractivity contribution in [2.75, 3.05) is 13.1 Å². The van der Waals surface area contributed by atoms with Crippen molar-refractivity contribution < 1.29 is 0 Å². The maximum atomic E-state index is 4.96. The quantitative estimate of drug-likeness (QED) is 0.511. The van der Waals surface area contributed by atoms with Gasteiger partial charge in [-0.25, -0.2) is 0 Å². The second-order valence-corrected chi connectivity index (χ2v) is 7.70. The first-order valence-corrected chi connectivity index (χ1v) is 10.5. The largest absolute Gasteiger partial charge is 0.404 e. The van der Waals surface area contributed by atoms with E-state index in [-0.39, 0.29) is 0 Å². The van der Waals surface area contributed by atoms with Gasteiger partial charge in [-0.1, -0.05) is 59.1 Å². The Morgan fingerprint density at radius 3 is 2.28 bits per heavy atom. The molecule has 140 valence electrons. The Labute approximate surface area is 163 Å². The predicted molar refractivity (Wildman–Crippen MR) is 116 cm³/mol.